The fourth-order valence-electron chi connectivity index (χ4n) is 5.18. The molecule has 2 aromatic rings. The number of para-hydroxylation sites is 1. The van der Waals surface area contributed by atoms with Gasteiger partial charge in [-0.1, -0.05) is 42.5 Å². The lowest BCUT2D eigenvalue weighted by molar-refractivity contribution is -0.116. The Labute approximate surface area is 172 Å². The molecular weight excluding hydrogens is 360 g/mol. The second-order valence-corrected chi connectivity index (χ2v) is 8.39. The first-order chi connectivity index (χ1) is 14.2. The Hall–Kier alpha value is -2.82. The second kappa shape index (κ2) is 7.54. The molecule has 0 saturated heterocycles. The van der Waals surface area contributed by atoms with E-state index >= 15 is 0 Å². The highest BCUT2D eigenvalue weighted by atomic mass is 16.1. The molecule has 1 heterocycles. The molecule has 1 fully saturated rings. The van der Waals surface area contributed by atoms with E-state index in [9.17, 15) is 4.79 Å². The van der Waals surface area contributed by atoms with Crippen LogP contribution in [0.2, 0.25) is 0 Å². The molecule has 3 aliphatic rings. The predicted octanol–water partition coefficient (Wildman–Crippen LogP) is 3.25. The summed E-state index contributed by atoms with van der Waals surface area (Å²) in [7, 11) is 0. The summed E-state index contributed by atoms with van der Waals surface area (Å²) in [5.41, 5.74) is 5.20. The van der Waals surface area contributed by atoms with E-state index in [0.29, 0.717) is 24.8 Å². The Kier molecular flexibility index (Phi) is 4.74. The highest BCUT2D eigenvalue weighted by Crippen LogP contribution is 2.61. The van der Waals surface area contributed by atoms with Crippen LogP contribution < -0.4 is 16.0 Å². The molecule has 0 bridgehead atoms. The Morgan fingerprint density at radius 3 is 2.72 bits per heavy atom. The fourth-order valence-corrected chi connectivity index (χ4v) is 5.18. The summed E-state index contributed by atoms with van der Waals surface area (Å²) in [5, 5.41) is 9.81. The molecule has 4 atom stereocenters. The molecule has 5 heteroatoms. The number of hydrogen-bond donors (Lipinski definition) is 3. The van der Waals surface area contributed by atoms with Crippen LogP contribution in [0.25, 0.3) is 0 Å². The van der Waals surface area contributed by atoms with Crippen molar-refractivity contribution in [3.05, 3.63) is 65.2 Å². The van der Waals surface area contributed by atoms with Crippen LogP contribution in [0, 0.1) is 11.8 Å². The molecule has 150 valence electrons. The largest absolute Gasteiger partial charge is 0.357 e. The van der Waals surface area contributed by atoms with E-state index in [1.807, 2.05) is 18.2 Å². The number of benzene rings is 2. The van der Waals surface area contributed by atoms with Crippen LogP contribution in [0.15, 0.2) is 53.5 Å². The van der Waals surface area contributed by atoms with Crippen molar-refractivity contribution in [1.82, 2.24) is 10.6 Å². The molecule has 29 heavy (non-hydrogen) atoms. The molecule has 0 aromatic heterocycles. The van der Waals surface area contributed by atoms with E-state index in [0.717, 1.165) is 30.7 Å². The van der Waals surface area contributed by atoms with E-state index in [-0.39, 0.29) is 11.8 Å². The topological polar surface area (TPSA) is 65.5 Å². The zero-order valence-electron chi connectivity index (χ0n) is 16.8. The summed E-state index contributed by atoms with van der Waals surface area (Å²) in [6.45, 7) is 4.48. The molecule has 2 aromatic carbocycles. The van der Waals surface area contributed by atoms with Gasteiger partial charge in [-0.05, 0) is 53.9 Å². The third kappa shape index (κ3) is 3.50. The molecule has 1 saturated carbocycles. The lowest BCUT2D eigenvalue weighted by Crippen LogP contribution is -2.41. The first-order valence-corrected chi connectivity index (χ1v) is 10.7. The quantitative estimate of drug-likeness (QED) is 0.544. The summed E-state index contributed by atoms with van der Waals surface area (Å²) in [6.07, 6.45) is 1.71. The molecule has 0 radical (unpaired) electrons. The van der Waals surface area contributed by atoms with Crippen molar-refractivity contribution in [3.63, 3.8) is 0 Å². The van der Waals surface area contributed by atoms with Gasteiger partial charge in [0.15, 0.2) is 5.96 Å². The van der Waals surface area contributed by atoms with Gasteiger partial charge in [0.2, 0.25) is 5.91 Å². The molecule has 0 spiro atoms. The number of amides is 1. The number of nitrogens with zero attached hydrogens (tertiary/aromatic N) is 1. The molecule has 1 aliphatic heterocycles. The Bertz CT molecular complexity index is 953. The van der Waals surface area contributed by atoms with Crippen LogP contribution in [-0.4, -0.2) is 31.5 Å². The van der Waals surface area contributed by atoms with Crippen LogP contribution in [0.4, 0.5) is 5.69 Å². The van der Waals surface area contributed by atoms with Gasteiger partial charge in [0.1, 0.15) is 0 Å². The minimum atomic E-state index is 0.0851. The summed E-state index contributed by atoms with van der Waals surface area (Å²) in [4.78, 5) is 16.9. The van der Waals surface area contributed by atoms with Crippen molar-refractivity contribution in [2.75, 3.05) is 25.0 Å². The molecule has 5 rings (SSSR count). The standard InChI is InChI=1S/C24H28N4O/c1-2-25-24(26-13-16-12-22(29)28-21-10-6-5-8-17(16)21)27-14-20-19-11-15-7-3-4-9-18(15)23(19)20/h3-10,16,19-20,23H,2,11-14H2,1H3,(H,28,29)(H2,25,26,27). The monoisotopic (exact) mass is 388 g/mol. The third-order valence-electron chi connectivity index (χ3n) is 6.63. The average molecular weight is 389 g/mol. The van der Waals surface area contributed by atoms with E-state index < -0.39 is 0 Å². The molecule has 2 aliphatic carbocycles. The Morgan fingerprint density at radius 1 is 1.07 bits per heavy atom. The number of anilines is 1. The zero-order chi connectivity index (χ0) is 19.8. The fraction of sp³-hybridized carbons (Fsp3) is 0.417. The Morgan fingerprint density at radius 2 is 1.86 bits per heavy atom. The van der Waals surface area contributed by atoms with E-state index in [2.05, 4.69) is 53.2 Å². The number of carbonyl (C=O) groups is 1. The van der Waals surface area contributed by atoms with Crippen molar-refractivity contribution in [2.45, 2.75) is 31.6 Å². The number of carbonyl (C=O) groups excluding carboxylic acids is 1. The first kappa shape index (κ1) is 18.2. The van der Waals surface area contributed by atoms with Crippen molar-refractivity contribution >= 4 is 17.6 Å². The van der Waals surface area contributed by atoms with Gasteiger partial charge in [-0.2, -0.15) is 0 Å². The lowest BCUT2D eigenvalue weighted by Gasteiger charge is -2.26. The highest BCUT2D eigenvalue weighted by Gasteiger charge is 2.54. The molecule has 4 unspecified atom stereocenters. The smallest absolute Gasteiger partial charge is 0.225 e. The van der Waals surface area contributed by atoms with E-state index in [1.165, 1.54) is 17.5 Å². The number of rotatable bonds is 5. The van der Waals surface area contributed by atoms with Gasteiger partial charge in [0.05, 0.1) is 0 Å². The minimum absolute atomic E-state index is 0.0851. The number of guanidine groups is 1. The maximum atomic E-state index is 12.1. The Balaban J connectivity index is 1.22. The van der Waals surface area contributed by atoms with Gasteiger partial charge in [0.25, 0.3) is 0 Å². The normalized spacial score (nSPS) is 26.8. The molecule has 1 amide bonds. The predicted molar refractivity (Wildman–Crippen MR) is 116 cm³/mol. The van der Waals surface area contributed by atoms with E-state index in [1.54, 1.807) is 5.56 Å². The van der Waals surface area contributed by atoms with Gasteiger partial charge in [-0.3, -0.25) is 9.79 Å². The number of hydrogen-bond acceptors (Lipinski definition) is 2. The maximum Gasteiger partial charge on any atom is 0.225 e. The van der Waals surface area contributed by atoms with Crippen LogP contribution in [0.1, 0.15) is 41.9 Å². The highest BCUT2D eigenvalue weighted by molar-refractivity contribution is 5.94. The number of nitrogens with one attached hydrogen (secondary N) is 3. The van der Waals surface area contributed by atoms with Gasteiger partial charge in [-0.25, -0.2) is 0 Å². The van der Waals surface area contributed by atoms with Crippen LogP contribution >= 0.6 is 0 Å². The summed E-state index contributed by atoms with van der Waals surface area (Å²) < 4.78 is 0. The van der Waals surface area contributed by atoms with Gasteiger partial charge in [0, 0.05) is 37.7 Å². The number of aliphatic imine (C=N–C) groups is 1. The zero-order valence-corrected chi connectivity index (χ0v) is 16.8. The van der Waals surface area contributed by atoms with Crippen LogP contribution in [0.5, 0.6) is 0 Å². The van der Waals surface area contributed by atoms with Gasteiger partial charge >= 0.3 is 0 Å². The second-order valence-electron chi connectivity index (χ2n) is 8.39. The summed E-state index contributed by atoms with van der Waals surface area (Å²) in [5.74, 6) is 3.24. The lowest BCUT2D eigenvalue weighted by atomic mass is 9.90. The SMILES string of the molecule is CCNC(=NCC1C2Cc3ccccc3C12)NCC1CC(=O)Nc2ccccc21. The summed E-state index contributed by atoms with van der Waals surface area (Å²) in [6, 6.07) is 16.9. The van der Waals surface area contributed by atoms with Gasteiger partial charge in [-0.15, -0.1) is 0 Å². The summed E-state index contributed by atoms with van der Waals surface area (Å²) >= 11 is 0. The van der Waals surface area contributed by atoms with Crippen molar-refractivity contribution < 1.29 is 4.79 Å². The van der Waals surface area contributed by atoms with E-state index in [4.69, 9.17) is 4.99 Å². The van der Waals surface area contributed by atoms with Crippen LogP contribution in [0.3, 0.4) is 0 Å². The molecule has 5 nitrogen and oxygen atoms in total. The van der Waals surface area contributed by atoms with Crippen molar-refractivity contribution in [2.24, 2.45) is 16.8 Å². The molecular formula is C24H28N4O. The average Bonchev–Trinajstić information content (AvgIpc) is 3.27. The van der Waals surface area contributed by atoms with Crippen LogP contribution in [-0.2, 0) is 11.2 Å². The third-order valence-corrected chi connectivity index (χ3v) is 6.63. The maximum absolute atomic E-state index is 12.1. The van der Waals surface area contributed by atoms with Crippen molar-refractivity contribution in [1.29, 1.82) is 0 Å². The van der Waals surface area contributed by atoms with Gasteiger partial charge < -0.3 is 16.0 Å². The van der Waals surface area contributed by atoms with Crippen molar-refractivity contribution in [3.8, 4) is 0 Å². The first-order valence-electron chi connectivity index (χ1n) is 10.7. The number of fused-ring (bicyclic) bond motifs is 4. The minimum Gasteiger partial charge on any atom is -0.357 e. The molecule has 3 N–H and O–H groups in total.